The largest absolute Gasteiger partial charge is 0.478 e. The van der Waals surface area contributed by atoms with Gasteiger partial charge in [-0.2, -0.15) is 0 Å². The predicted molar refractivity (Wildman–Crippen MR) is 74.2 cm³/mol. The SMILES string of the molecule is CCc1ccccc1C1(C2=NC(C)(C)CO2)CC1. The van der Waals surface area contributed by atoms with Gasteiger partial charge in [0.2, 0.25) is 0 Å². The smallest absolute Gasteiger partial charge is 0.194 e. The van der Waals surface area contributed by atoms with Crippen molar-refractivity contribution < 1.29 is 4.74 Å². The van der Waals surface area contributed by atoms with E-state index in [9.17, 15) is 0 Å². The van der Waals surface area contributed by atoms with Crippen LogP contribution in [0.3, 0.4) is 0 Å². The van der Waals surface area contributed by atoms with E-state index >= 15 is 0 Å². The van der Waals surface area contributed by atoms with Gasteiger partial charge >= 0.3 is 0 Å². The fourth-order valence-electron chi connectivity index (χ4n) is 2.85. The van der Waals surface area contributed by atoms with Crippen LogP contribution in [-0.4, -0.2) is 18.0 Å². The molecule has 0 unspecified atom stereocenters. The Bertz CT molecular complexity index is 498. The first kappa shape index (κ1) is 11.8. The van der Waals surface area contributed by atoms with E-state index in [0.717, 1.165) is 18.9 Å². The number of ether oxygens (including phenoxy) is 1. The lowest BCUT2D eigenvalue weighted by Gasteiger charge is -2.18. The van der Waals surface area contributed by atoms with Crippen LogP contribution in [0, 0.1) is 0 Å². The third-order valence-corrected chi connectivity index (χ3v) is 4.04. The van der Waals surface area contributed by atoms with Gasteiger partial charge in [0.05, 0.1) is 11.0 Å². The first-order chi connectivity index (χ1) is 8.57. The molecule has 2 nitrogen and oxygen atoms in total. The zero-order valence-electron chi connectivity index (χ0n) is 11.5. The highest BCUT2D eigenvalue weighted by atomic mass is 16.5. The molecule has 0 amide bonds. The average molecular weight is 243 g/mol. The minimum absolute atomic E-state index is 0.0495. The van der Waals surface area contributed by atoms with Gasteiger partial charge in [0.25, 0.3) is 0 Å². The molecule has 96 valence electrons. The molecule has 1 aromatic rings. The van der Waals surface area contributed by atoms with Crippen LogP contribution >= 0.6 is 0 Å². The van der Waals surface area contributed by atoms with E-state index in [-0.39, 0.29) is 11.0 Å². The van der Waals surface area contributed by atoms with E-state index < -0.39 is 0 Å². The second-order valence-electron chi connectivity index (χ2n) is 6.11. The van der Waals surface area contributed by atoms with Gasteiger partial charge in [-0.05, 0) is 44.2 Å². The maximum absolute atomic E-state index is 5.90. The Morgan fingerprint density at radius 3 is 2.50 bits per heavy atom. The molecule has 0 spiro atoms. The number of aliphatic imine (C=N–C) groups is 1. The minimum Gasteiger partial charge on any atom is -0.478 e. The molecule has 0 N–H and O–H groups in total. The Balaban J connectivity index is 2.01. The van der Waals surface area contributed by atoms with E-state index in [1.807, 2.05) is 0 Å². The van der Waals surface area contributed by atoms with Crippen molar-refractivity contribution in [1.29, 1.82) is 0 Å². The summed E-state index contributed by atoms with van der Waals surface area (Å²) in [6.45, 7) is 7.22. The number of nitrogens with zero attached hydrogens (tertiary/aromatic N) is 1. The van der Waals surface area contributed by atoms with E-state index in [1.165, 1.54) is 24.0 Å². The van der Waals surface area contributed by atoms with Crippen molar-refractivity contribution in [3.05, 3.63) is 35.4 Å². The summed E-state index contributed by atoms with van der Waals surface area (Å²) in [5.41, 5.74) is 2.92. The standard InChI is InChI=1S/C16H21NO/c1-4-12-7-5-6-8-13(12)16(9-10-16)14-17-15(2,3)11-18-14/h5-8H,4,9-11H2,1-3H3. The van der Waals surface area contributed by atoms with Crippen molar-refractivity contribution in [2.45, 2.75) is 51.0 Å². The number of hydrogen-bond donors (Lipinski definition) is 0. The zero-order chi connectivity index (χ0) is 12.8. The molecular weight excluding hydrogens is 222 g/mol. The first-order valence-corrected chi connectivity index (χ1v) is 6.89. The lowest BCUT2D eigenvalue weighted by molar-refractivity contribution is 0.269. The molecule has 0 radical (unpaired) electrons. The van der Waals surface area contributed by atoms with Crippen molar-refractivity contribution in [1.82, 2.24) is 0 Å². The van der Waals surface area contributed by atoms with Crippen LogP contribution in [-0.2, 0) is 16.6 Å². The minimum atomic E-state index is -0.0495. The fourth-order valence-corrected chi connectivity index (χ4v) is 2.85. The molecule has 1 saturated carbocycles. The Morgan fingerprint density at radius 1 is 1.22 bits per heavy atom. The van der Waals surface area contributed by atoms with Crippen LogP contribution in [0.4, 0.5) is 0 Å². The lowest BCUT2D eigenvalue weighted by Crippen LogP contribution is -2.22. The second kappa shape index (κ2) is 3.84. The number of benzene rings is 1. The highest BCUT2D eigenvalue weighted by Gasteiger charge is 2.53. The number of rotatable bonds is 3. The first-order valence-electron chi connectivity index (χ1n) is 6.89. The quantitative estimate of drug-likeness (QED) is 0.796. The third-order valence-electron chi connectivity index (χ3n) is 4.04. The van der Waals surface area contributed by atoms with Crippen LogP contribution in [0.5, 0.6) is 0 Å². The van der Waals surface area contributed by atoms with Gasteiger partial charge < -0.3 is 4.74 Å². The van der Waals surface area contributed by atoms with E-state index in [1.54, 1.807) is 0 Å². The second-order valence-corrected chi connectivity index (χ2v) is 6.11. The molecule has 1 aliphatic carbocycles. The molecule has 0 aromatic heterocycles. The summed E-state index contributed by atoms with van der Waals surface area (Å²) >= 11 is 0. The molecule has 2 aliphatic rings. The van der Waals surface area contributed by atoms with Crippen LogP contribution in [0.15, 0.2) is 29.3 Å². The molecule has 1 aliphatic heterocycles. The molecule has 1 fully saturated rings. The molecule has 18 heavy (non-hydrogen) atoms. The van der Waals surface area contributed by atoms with Crippen molar-refractivity contribution in [3.8, 4) is 0 Å². The van der Waals surface area contributed by atoms with Gasteiger partial charge in [0, 0.05) is 0 Å². The van der Waals surface area contributed by atoms with Gasteiger partial charge in [-0.15, -0.1) is 0 Å². The summed E-state index contributed by atoms with van der Waals surface area (Å²) in [5.74, 6) is 0.980. The Kier molecular flexibility index (Phi) is 2.51. The van der Waals surface area contributed by atoms with Gasteiger partial charge in [-0.1, -0.05) is 31.2 Å². The Hall–Kier alpha value is -1.31. The molecule has 0 saturated heterocycles. The summed E-state index contributed by atoms with van der Waals surface area (Å²) < 4.78 is 5.90. The van der Waals surface area contributed by atoms with E-state index in [0.29, 0.717) is 0 Å². The highest BCUT2D eigenvalue weighted by Crippen LogP contribution is 2.52. The van der Waals surface area contributed by atoms with Crippen LogP contribution < -0.4 is 0 Å². The van der Waals surface area contributed by atoms with Crippen LogP contribution in [0.2, 0.25) is 0 Å². The molecular formula is C16H21NO. The summed E-state index contributed by atoms with van der Waals surface area (Å²) in [6, 6.07) is 8.74. The number of hydrogen-bond acceptors (Lipinski definition) is 2. The topological polar surface area (TPSA) is 21.6 Å². The van der Waals surface area contributed by atoms with E-state index in [4.69, 9.17) is 9.73 Å². The summed E-state index contributed by atoms with van der Waals surface area (Å²) in [5, 5.41) is 0. The molecule has 0 atom stereocenters. The van der Waals surface area contributed by atoms with Gasteiger partial charge in [-0.3, -0.25) is 0 Å². The van der Waals surface area contributed by atoms with Crippen molar-refractivity contribution >= 4 is 5.90 Å². The fraction of sp³-hybridized carbons (Fsp3) is 0.562. The summed E-state index contributed by atoms with van der Waals surface area (Å²) in [4.78, 5) is 4.80. The molecule has 1 aromatic carbocycles. The maximum atomic E-state index is 5.90. The Morgan fingerprint density at radius 2 is 1.94 bits per heavy atom. The van der Waals surface area contributed by atoms with Crippen LogP contribution in [0.1, 0.15) is 44.7 Å². The molecule has 1 heterocycles. The number of aryl methyl sites for hydroxylation is 1. The normalized spacial score (nSPS) is 23.4. The van der Waals surface area contributed by atoms with Crippen molar-refractivity contribution in [2.75, 3.05) is 6.61 Å². The maximum Gasteiger partial charge on any atom is 0.194 e. The Labute approximate surface area is 109 Å². The third kappa shape index (κ3) is 1.75. The highest BCUT2D eigenvalue weighted by molar-refractivity contribution is 5.93. The van der Waals surface area contributed by atoms with Gasteiger partial charge in [0.15, 0.2) is 5.90 Å². The van der Waals surface area contributed by atoms with Gasteiger partial charge in [0.1, 0.15) is 6.61 Å². The van der Waals surface area contributed by atoms with Gasteiger partial charge in [-0.25, -0.2) is 4.99 Å². The van der Waals surface area contributed by atoms with Crippen molar-refractivity contribution in [3.63, 3.8) is 0 Å². The van der Waals surface area contributed by atoms with E-state index in [2.05, 4.69) is 45.0 Å². The molecule has 0 bridgehead atoms. The lowest BCUT2D eigenvalue weighted by atomic mass is 9.90. The monoisotopic (exact) mass is 243 g/mol. The average Bonchev–Trinajstić information content (AvgIpc) is 3.09. The predicted octanol–water partition coefficient (Wildman–Crippen LogP) is 3.49. The summed E-state index contributed by atoms with van der Waals surface area (Å²) in [6.07, 6.45) is 3.44. The molecule has 2 heteroatoms. The zero-order valence-corrected chi connectivity index (χ0v) is 11.5. The molecule has 3 rings (SSSR count). The summed E-state index contributed by atoms with van der Waals surface area (Å²) in [7, 11) is 0. The van der Waals surface area contributed by atoms with Crippen molar-refractivity contribution in [2.24, 2.45) is 4.99 Å². The van der Waals surface area contributed by atoms with Crippen LogP contribution in [0.25, 0.3) is 0 Å².